The molecule has 1 aliphatic rings. The van der Waals surface area contributed by atoms with E-state index in [2.05, 4.69) is 21.2 Å². The van der Waals surface area contributed by atoms with Crippen molar-refractivity contribution < 1.29 is 14.3 Å². The summed E-state index contributed by atoms with van der Waals surface area (Å²) in [5.41, 5.74) is 2.44. The Kier molecular flexibility index (Phi) is 4.57. The smallest absolute Gasteiger partial charge is 0.267 e. The summed E-state index contributed by atoms with van der Waals surface area (Å²) in [5, 5.41) is 2.85. The third kappa shape index (κ3) is 3.28. The Hall–Kier alpha value is -2.34. The summed E-state index contributed by atoms with van der Waals surface area (Å²) >= 11 is 3.44. The summed E-state index contributed by atoms with van der Waals surface area (Å²) in [7, 11) is 0. The number of nitrogens with zero attached hydrogens (tertiary/aromatic N) is 1. The molecule has 1 N–H and O–H groups in total. The van der Waals surface area contributed by atoms with Gasteiger partial charge in [0, 0.05) is 11.4 Å². The number of fused-ring (bicyclic) bond motifs is 1. The SMILES string of the molecule is CC(=O)N1C[C@@H](C(=O)Nc2ccc(C)cc2Br)Oc2ccccc21. The fourth-order valence-corrected chi connectivity index (χ4v) is 3.20. The number of rotatable bonds is 2. The van der Waals surface area contributed by atoms with E-state index >= 15 is 0 Å². The maximum Gasteiger partial charge on any atom is 0.267 e. The van der Waals surface area contributed by atoms with Crippen LogP contribution in [-0.2, 0) is 9.59 Å². The monoisotopic (exact) mass is 388 g/mol. The lowest BCUT2D eigenvalue weighted by molar-refractivity contribution is -0.123. The highest BCUT2D eigenvalue weighted by Gasteiger charge is 2.32. The van der Waals surface area contributed by atoms with Gasteiger partial charge in [0.05, 0.1) is 17.9 Å². The Morgan fingerprint density at radius 1 is 1.25 bits per heavy atom. The number of carbonyl (C=O) groups excluding carboxylic acids is 2. The minimum Gasteiger partial charge on any atom is -0.476 e. The maximum absolute atomic E-state index is 12.6. The van der Waals surface area contributed by atoms with E-state index in [-0.39, 0.29) is 18.4 Å². The van der Waals surface area contributed by atoms with E-state index in [1.54, 1.807) is 17.0 Å². The van der Waals surface area contributed by atoms with Gasteiger partial charge in [-0.25, -0.2) is 0 Å². The summed E-state index contributed by atoms with van der Waals surface area (Å²) in [6.45, 7) is 3.64. The van der Waals surface area contributed by atoms with E-state index in [1.807, 2.05) is 37.3 Å². The number of hydrogen-bond acceptors (Lipinski definition) is 3. The van der Waals surface area contributed by atoms with Crippen molar-refractivity contribution in [1.82, 2.24) is 0 Å². The molecule has 6 heteroatoms. The molecule has 0 bridgehead atoms. The van der Waals surface area contributed by atoms with Crippen LogP contribution in [0, 0.1) is 6.92 Å². The zero-order chi connectivity index (χ0) is 17.3. The molecule has 0 saturated carbocycles. The van der Waals surface area contributed by atoms with Gasteiger partial charge < -0.3 is 15.0 Å². The molecule has 0 radical (unpaired) electrons. The van der Waals surface area contributed by atoms with Crippen molar-refractivity contribution in [3.05, 3.63) is 52.5 Å². The number of para-hydroxylation sites is 2. The van der Waals surface area contributed by atoms with Crippen molar-refractivity contribution in [2.45, 2.75) is 20.0 Å². The zero-order valence-electron chi connectivity index (χ0n) is 13.4. The Bertz CT molecular complexity index is 807. The standard InChI is InChI=1S/C18H17BrN2O3/c1-11-7-8-14(13(19)9-11)20-18(23)17-10-21(12(2)22)15-5-3-4-6-16(15)24-17/h3-9,17H,10H2,1-2H3,(H,20,23)/t17-/m0/s1. The molecule has 1 aliphatic heterocycles. The van der Waals surface area contributed by atoms with Crippen LogP contribution in [0.3, 0.4) is 0 Å². The molecule has 0 aliphatic carbocycles. The van der Waals surface area contributed by atoms with Crippen molar-refractivity contribution in [1.29, 1.82) is 0 Å². The molecule has 2 amide bonds. The fraction of sp³-hybridized carbons (Fsp3) is 0.222. The van der Waals surface area contributed by atoms with E-state index < -0.39 is 6.10 Å². The average molecular weight is 389 g/mol. The molecule has 2 aromatic carbocycles. The second-order valence-electron chi connectivity index (χ2n) is 5.68. The van der Waals surface area contributed by atoms with Gasteiger partial charge in [-0.15, -0.1) is 0 Å². The topological polar surface area (TPSA) is 58.6 Å². The number of anilines is 2. The van der Waals surface area contributed by atoms with Crippen LogP contribution in [0.4, 0.5) is 11.4 Å². The molecule has 24 heavy (non-hydrogen) atoms. The first-order valence-corrected chi connectivity index (χ1v) is 8.36. The molecule has 0 fully saturated rings. The Labute approximate surface area is 148 Å². The van der Waals surface area contributed by atoms with Crippen LogP contribution in [0.1, 0.15) is 12.5 Å². The molecule has 0 spiro atoms. The molecule has 5 nitrogen and oxygen atoms in total. The largest absolute Gasteiger partial charge is 0.476 e. The lowest BCUT2D eigenvalue weighted by Crippen LogP contribution is -2.48. The number of nitrogens with one attached hydrogen (secondary N) is 1. The van der Waals surface area contributed by atoms with Crippen molar-refractivity contribution in [2.24, 2.45) is 0 Å². The highest BCUT2D eigenvalue weighted by atomic mass is 79.9. The van der Waals surface area contributed by atoms with Crippen LogP contribution < -0.4 is 15.0 Å². The van der Waals surface area contributed by atoms with Gasteiger partial charge in [-0.3, -0.25) is 9.59 Å². The number of halogens is 1. The molecule has 0 saturated heterocycles. The van der Waals surface area contributed by atoms with Crippen molar-refractivity contribution in [2.75, 3.05) is 16.8 Å². The zero-order valence-corrected chi connectivity index (χ0v) is 15.0. The van der Waals surface area contributed by atoms with Crippen molar-refractivity contribution in [3.8, 4) is 5.75 Å². The first kappa shape index (κ1) is 16.5. The van der Waals surface area contributed by atoms with Gasteiger partial charge in [0.15, 0.2) is 6.10 Å². The first-order valence-electron chi connectivity index (χ1n) is 7.56. The van der Waals surface area contributed by atoms with Gasteiger partial charge in [-0.05, 0) is 52.7 Å². The highest BCUT2D eigenvalue weighted by Crippen LogP contribution is 2.33. The van der Waals surface area contributed by atoms with Crippen LogP contribution in [0.5, 0.6) is 5.75 Å². The summed E-state index contributed by atoms with van der Waals surface area (Å²) in [6, 6.07) is 12.9. The van der Waals surface area contributed by atoms with Crippen LogP contribution in [0.25, 0.3) is 0 Å². The Balaban J connectivity index is 1.82. The lowest BCUT2D eigenvalue weighted by atomic mass is 10.1. The molecule has 3 rings (SSSR count). The summed E-state index contributed by atoms with van der Waals surface area (Å²) in [4.78, 5) is 26.1. The summed E-state index contributed by atoms with van der Waals surface area (Å²) in [6.07, 6.45) is -0.767. The second-order valence-corrected chi connectivity index (χ2v) is 6.53. The molecule has 1 atom stereocenters. The number of aryl methyl sites for hydroxylation is 1. The van der Waals surface area contributed by atoms with Gasteiger partial charge in [0.2, 0.25) is 5.91 Å². The molecular formula is C18H17BrN2O3. The van der Waals surface area contributed by atoms with Crippen LogP contribution in [0.2, 0.25) is 0 Å². The molecule has 124 valence electrons. The number of amides is 2. The van der Waals surface area contributed by atoms with Crippen molar-refractivity contribution in [3.63, 3.8) is 0 Å². The highest BCUT2D eigenvalue weighted by molar-refractivity contribution is 9.10. The van der Waals surface area contributed by atoms with E-state index in [0.29, 0.717) is 17.1 Å². The Morgan fingerprint density at radius 2 is 2.00 bits per heavy atom. The Morgan fingerprint density at radius 3 is 2.71 bits per heavy atom. The van der Waals surface area contributed by atoms with E-state index in [1.165, 1.54) is 6.92 Å². The number of carbonyl (C=O) groups is 2. The molecular weight excluding hydrogens is 372 g/mol. The lowest BCUT2D eigenvalue weighted by Gasteiger charge is -2.33. The van der Waals surface area contributed by atoms with Gasteiger partial charge in [-0.1, -0.05) is 18.2 Å². The van der Waals surface area contributed by atoms with Gasteiger partial charge in [-0.2, -0.15) is 0 Å². The van der Waals surface area contributed by atoms with E-state index in [9.17, 15) is 9.59 Å². The van der Waals surface area contributed by atoms with Crippen LogP contribution in [0.15, 0.2) is 46.9 Å². The van der Waals surface area contributed by atoms with E-state index in [4.69, 9.17) is 4.74 Å². The average Bonchev–Trinajstić information content (AvgIpc) is 2.56. The predicted octanol–water partition coefficient (Wildman–Crippen LogP) is 3.51. The fourth-order valence-electron chi connectivity index (χ4n) is 2.60. The third-order valence-corrected chi connectivity index (χ3v) is 4.48. The minimum atomic E-state index is -0.767. The summed E-state index contributed by atoms with van der Waals surface area (Å²) in [5.74, 6) is 0.113. The van der Waals surface area contributed by atoms with Crippen LogP contribution in [-0.4, -0.2) is 24.5 Å². The quantitative estimate of drug-likeness (QED) is 0.855. The van der Waals surface area contributed by atoms with Gasteiger partial charge >= 0.3 is 0 Å². The number of benzene rings is 2. The second kappa shape index (κ2) is 6.65. The molecule has 0 unspecified atom stereocenters. The normalized spacial score (nSPS) is 16.1. The first-order chi connectivity index (χ1) is 11.5. The van der Waals surface area contributed by atoms with Crippen LogP contribution >= 0.6 is 15.9 Å². The maximum atomic E-state index is 12.6. The molecule has 2 aromatic rings. The minimum absolute atomic E-state index is 0.125. The summed E-state index contributed by atoms with van der Waals surface area (Å²) < 4.78 is 6.59. The predicted molar refractivity (Wildman–Crippen MR) is 96.4 cm³/mol. The number of hydrogen-bond donors (Lipinski definition) is 1. The molecule has 1 heterocycles. The van der Waals surface area contributed by atoms with Gasteiger partial charge in [0.25, 0.3) is 5.91 Å². The number of ether oxygens (including phenoxy) is 1. The van der Waals surface area contributed by atoms with E-state index in [0.717, 1.165) is 10.0 Å². The third-order valence-electron chi connectivity index (χ3n) is 3.83. The molecule has 0 aromatic heterocycles. The van der Waals surface area contributed by atoms with Gasteiger partial charge in [0.1, 0.15) is 5.75 Å². The van der Waals surface area contributed by atoms with Crippen molar-refractivity contribution >= 4 is 39.1 Å².